The molecule has 32 heavy (non-hydrogen) atoms. The summed E-state index contributed by atoms with van der Waals surface area (Å²) in [5.74, 6) is 0.757. The molecule has 1 saturated heterocycles. The molecule has 3 N–H and O–H groups in total. The van der Waals surface area contributed by atoms with E-state index in [0.717, 1.165) is 56.2 Å². The zero-order valence-corrected chi connectivity index (χ0v) is 21.2. The number of nitrogens with one attached hydrogen (secondary N) is 2. The lowest BCUT2D eigenvalue weighted by Crippen LogP contribution is -2.48. The molecule has 0 saturated carbocycles. The molecular formula is C24H36IN5O2. The van der Waals surface area contributed by atoms with Crippen LogP contribution in [0.3, 0.4) is 0 Å². The Balaban J connectivity index is 0.00000363. The summed E-state index contributed by atoms with van der Waals surface area (Å²) in [4.78, 5) is 11.4. The Morgan fingerprint density at radius 1 is 1.19 bits per heavy atom. The van der Waals surface area contributed by atoms with E-state index in [9.17, 15) is 5.11 Å². The average molecular weight is 553 g/mol. The first-order valence-corrected chi connectivity index (χ1v) is 11.2. The minimum absolute atomic E-state index is 0. The molecule has 1 aliphatic rings. The van der Waals surface area contributed by atoms with Crippen molar-refractivity contribution >= 4 is 29.9 Å². The van der Waals surface area contributed by atoms with Gasteiger partial charge >= 0.3 is 0 Å². The number of ether oxygens (including phenoxy) is 1. The van der Waals surface area contributed by atoms with Crippen molar-refractivity contribution in [1.29, 1.82) is 0 Å². The Kier molecular flexibility index (Phi) is 12.5. The molecule has 3 rings (SSSR count). The summed E-state index contributed by atoms with van der Waals surface area (Å²) in [6.45, 7) is 6.87. The second-order valence-corrected chi connectivity index (χ2v) is 7.89. The van der Waals surface area contributed by atoms with E-state index in [1.165, 1.54) is 0 Å². The van der Waals surface area contributed by atoms with Crippen molar-refractivity contribution in [3.8, 4) is 0 Å². The summed E-state index contributed by atoms with van der Waals surface area (Å²) in [7, 11) is 0. The topological polar surface area (TPSA) is 82.0 Å². The standard InChI is InChI=1S/C24H35N5O2.HI/c1-2-25-24(27-16-23(30)19-31-18-20-8-4-3-5-9-20)28-21-11-14-29(15-12-21)17-22-10-6-7-13-26-22;/h3-10,13,21,23,30H,2,11-12,14-19H2,1H3,(H2,25,27,28);1H. The number of hydrogen-bond acceptors (Lipinski definition) is 5. The number of guanidine groups is 1. The van der Waals surface area contributed by atoms with Crippen molar-refractivity contribution in [3.63, 3.8) is 0 Å². The number of halogens is 1. The van der Waals surface area contributed by atoms with Crippen molar-refractivity contribution in [2.75, 3.05) is 32.8 Å². The molecule has 1 aromatic carbocycles. The van der Waals surface area contributed by atoms with Gasteiger partial charge in [0, 0.05) is 38.4 Å². The molecule has 2 heterocycles. The van der Waals surface area contributed by atoms with E-state index >= 15 is 0 Å². The number of hydrogen-bond donors (Lipinski definition) is 3. The van der Waals surface area contributed by atoms with Crippen LogP contribution >= 0.6 is 24.0 Å². The van der Waals surface area contributed by atoms with Gasteiger partial charge in [-0.3, -0.25) is 14.9 Å². The quantitative estimate of drug-likeness (QED) is 0.239. The smallest absolute Gasteiger partial charge is 0.191 e. The van der Waals surface area contributed by atoms with Crippen molar-refractivity contribution in [2.45, 2.75) is 45.1 Å². The summed E-state index contributed by atoms with van der Waals surface area (Å²) in [6.07, 6.45) is 3.34. The molecule has 1 aromatic heterocycles. The highest BCUT2D eigenvalue weighted by molar-refractivity contribution is 14.0. The largest absolute Gasteiger partial charge is 0.389 e. The van der Waals surface area contributed by atoms with Gasteiger partial charge in [0.1, 0.15) is 0 Å². The highest BCUT2D eigenvalue weighted by atomic mass is 127. The molecular weight excluding hydrogens is 517 g/mol. The lowest BCUT2D eigenvalue weighted by Gasteiger charge is -2.32. The summed E-state index contributed by atoms with van der Waals surface area (Å²) < 4.78 is 5.61. The van der Waals surface area contributed by atoms with Gasteiger partial charge in [-0.25, -0.2) is 0 Å². The molecule has 0 spiro atoms. The summed E-state index contributed by atoms with van der Waals surface area (Å²) >= 11 is 0. The van der Waals surface area contributed by atoms with Gasteiger partial charge in [-0.05, 0) is 37.5 Å². The van der Waals surface area contributed by atoms with Gasteiger partial charge < -0.3 is 20.5 Å². The third-order valence-electron chi connectivity index (χ3n) is 5.27. The first kappa shape index (κ1) is 26.5. The molecule has 0 amide bonds. The molecule has 1 aliphatic heterocycles. The molecule has 8 heteroatoms. The van der Waals surface area contributed by atoms with E-state index in [4.69, 9.17) is 4.74 Å². The summed E-state index contributed by atoms with van der Waals surface area (Å²) in [5.41, 5.74) is 2.22. The van der Waals surface area contributed by atoms with E-state index < -0.39 is 6.10 Å². The van der Waals surface area contributed by atoms with Crippen LogP contribution in [0, 0.1) is 0 Å². The van der Waals surface area contributed by atoms with Crippen LogP contribution in [-0.4, -0.2) is 65.9 Å². The van der Waals surface area contributed by atoms with Crippen molar-refractivity contribution in [2.24, 2.45) is 4.99 Å². The number of nitrogens with zero attached hydrogens (tertiary/aromatic N) is 3. The normalized spacial score (nSPS) is 16.2. The highest BCUT2D eigenvalue weighted by Gasteiger charge is 2.20. The highest BCUT2D eigenvalue weighted by Crippen LogP contribution is 2.13. The third-order valence-corrected chi connectivity index (χ3v) is 5.27. The molecule has 0 bridgehead atoms. The van der Waals surface area contributed by atoms with Crippen LogP contribution in [0.5, 0.6) is 0 Å². The second-order valence-electron chi connectivity index (χ2n) is 7.89. The maximum absolute atomic E-state index is 10.2. The zero-order valence-electron chi connectivity index (χ0n) is 18.8. The number of rotatable bonds is 10. The van der Waals surface area contributed by atoms with E-state index in [1.54, 1.807) is 0 Å². The Hall–Kier alpha value is -1.75. The monoisotopic (exact) mass is 553 g/mol. The molecule has 0 aliphatic carbocycles. The van der Waals surface area contributed by atoms with Gasteiger partial charge in [-0.1, -0.05) is 36.4 Å². The van der Waals surface area contributed by atoms with Crippen molar-refractivity contribution in [3.05, 3.63) is 66.0 Å². The Labute approximate surface area is 208 Å². The van der Waals surface area contributed by atoms with E-state index in [-0.39, 0.29) is 30.6 Å². The van der Waals surface area contributed by atoms with Crippen LogP contribution in [0.1, 0.15) is 31.0 Å². The van der Waals surface area contributed by atoms with Crippen molar-refractivity contribution in [1.82, 2.24) is 20.5 Å². The fraction of sp³-hybridized carbons (Fsp3) is 0.500. The minimum Gasteiger partial charge on any atom is -0.389 e. The van der Waals surface area contributed by atoms with Crippen LogP contribution in [0.2, 0.25) is 0 Å². The van der Waals surface area contributed by atoms with Gasteiger partial charge in [-0.15, -0.1) is 24.0 Å². The molecule has 1 fully saturated rings. The number of aliphatic hydroxyl groups is 1. The molecule has 1 atom stereocenters. The zero-order chi connectivity index (χ0) is 21.7. The maximum Gasteiger partial charge on any atom is 0.191 e. The fourth-order valence-corrected chi connectivity index (χ4v) is 3.61. The minimum atomic E-state index is -0.626. The summed E-state index contributed by atoms with van der Waals surface area (Å²) in [5, 5.41) is 17.0. The number of piperidine rings is 1. The van der Waals surface area contributed by atoms with E-state index in [2.05, 4.69) is 31.6 Å². The lowest BCUT2D eigenvalue weighted by atomic mass is 10.0. The van der Waals surface area contributed by atoms with Crippen LogP contribution in [0.25, 0.3) is 0 Å². The van der Waals surface area contributed by atoms with Crippen LogP contribution < -0.4 is 10.6 Å². The van der Waals surface area contributed by atoms with Crippen LogP contribution in [0.4, 0.5) is 0 Å². The van der Waals surface area contributed by atoms with Crippen LogP contribution in [0.15, 0.2) is 59.7 Å². The number of aliphatic hydroxyl groups excluding tert-OH is 1. The SMILES string of the molecule is CCNC(=NCC(O)COCc1ccccc1)NC1CCN(Cc2ccccn2)CC1.I. The first-order valence-electron chi connectivity index (χ1n) is 11.2. The van der Waals surface area contributed by atoms with E-state index in [0.29, 0.717) is 19.2 Å². The van der Waals surface area contributed by atoms with Gasteiger partial charge in [0.15, 0.2) is 5.96 Å². The molecule has 0 radical (unpaired) electrons. The molecule has 1 unspecified atom stereocenters. The predicted octanol–water partition coefficient (Wildman–Crippen LogP) is 2.80. The van der Waals surface area contributed by atoms with Crippen molar-refractivity contribution < 1.29 is 9.84 Å². The number of benzene rings is 1. The lowest BCUT2D eigenvalue weighted by molar-refractivity contribution is 0.0331. The molecule has 7 nitrogen and oxygen atoms in total. The number of aliphatic imine (C=N–C) groups is 1. The van der Waals surface area contributed by atoms with Gasteiger partial charge in [-0.2, -0.15) is 0 Å². The van der Waals surface area contributed by atoms with Gasteiger partial charge in [0.05, 0.1) is 31.6 Å². The Morgan fingerprint density at radius 2 is 1.94 bits per heavy atom. The fourth-order valence-electron chi connectivity index (χ4n) is 3.61. The molecule has 2 aromatic rings. The predicted molar refractivity (Wildman–Crippen MR) is 139 cm³/mol. The molecule has 176 valence electrons. The average Bonchev–Trinajstić information content (AvgIpc) is 2.80. The van der Waals surface area contributed by atoms with Gasteiger partial charge in [0.25, 0.3) is 0 Å². The van der Waals surface area contributed by atoms with Gasteiger partial charge in [0.2, 0.25) is 0 Å². The number of likely N-dealkylation sites (tertiary alicyclic amines) is 1. The maximum atomic E-state index is 10.2. The van der Waals surface area contributed by atoms with E-state index in [1.807, 2.05) is 55.6 Å². The Morgan fingerprint density at radius 3 is 2.62 bits per heavy atom. The summed E-state index contributed by atoms with van der Waals surface area (Å²) in [6, 6.07) is 16.4. The van der Waals surface area contributed by atoms with Crippen LogP contribution in [-0.2, 0) is 17.9 Å². The first-order chi connectivity index (χ1) is 15.2. The second kappa shape index (κ2) is 15.2. The number of pyridine rings is 1. The number of aromatic nitrogens is 1. The Bertz CT molecular complexity index is 770. The third kappa shape index (κ3) is 9.81.